The van der Waals surface area contributed by atoms with E-state index in [-0.39, 0.29) is 15.7 Å². The van der Waals surface area contributed by atoms with Crippen molar-refractivity contribution in [2.75, 3.05) is 0 Å². The number of carbonyl (C=O) groups excluding carboxylic acids is 1. The van der Waals surface area contributed by atoms with Crippen LogP contribution >= 0.6 is 27.5 Å². The average molecular weight is 284 g/mol. The molecule has 0 aliphatic heterocycles. The quantitative estimate of drug-likeness (QED) is 0.778. The topological polar surface area (TPSA) is 30.0 Å². The van der Waals surface area contributed by atoms with Crippen molar-refractivity contribution in [1.29, 1.82) is 0 Å². The van der Waals surface area contributed by atoms with Gasteiger partial charge in [-0.15, -0.1) is 0 Å². The number of hydrogen-bond acceptors (Lipinski definition) is 2. The van der Waals surface area contributed by atoms with Gasteiger partial charge in [0.15, 0.2) is 0 Å². The molecule has 0 bridgehead atoms. The van der Waals surface area contributed by atoms with Gasteiger partial charge in [0.05, 0.1) is 5.56 Å². The van der Waals surface area contributed by atoms with Gasteiger partial charge in [0.2, 0.25) is 0 Å². The predicted octanol–water partition coefficient (Wildman–Crippen LogP) is 3.47. The Morgan fingerprint density at radius 1 is 1.64 bits per heavy atom. The van der Waals surface area contributed by atoms with Gasteiger partial charge < -0.3 is 0 Å². The summed E-state index contributed by atoms with van der Waals surface area (Å²) >= 11 is 8.17. The Hall–Kier alpha value is -0.550. The molecule has 0 atom stereocenters. The van der Waals surface area contributed by atoms with E-state index in [1.807, 2.05) is 0 Å². The minimum Gasteiger partial charge on any atom is -0.276 e. The van der Waals surface area contributed by atoms with Crippen molar-refractivity contribution in [1.82, 2.24) is 4.98 Å². The van der Waals surface area contributed by atoms with Gasteiger partial charge in [-0.25, -0.2) is 8.78 Å². The third kappa shape index (κ3) is 2.09. The van der Waals surface area contributed by atoms with E-state index in [4.69, 9.17) is 11.6 Å². The molecule has 1 heterocycles. The minimum atomic E-state index is -2.68. The summed E-state index contributed by atoms with van der Waals surface area (Å²) in [5.74, 6) is 0. The molecule has 0 saturated carbocycles. The van der Waals surface area contributed by atoms with E-state index in [9.17, 15) is 13.6 Å². The van der Waals surface area contributed by atoms with E-state index in [1.54, 1.807) is 0 Å². The van der Waals surface area contributed by atoms with Gasteiger partial charge in [-0.05, 0) is 40.0 Å². The highest BCUT2D eigenvalue weighted by atomic mass is 79.9. The first-order chi connectivity index (χ1) is 6.45. The Bertz CT molecular complexity index is 384. The van der Waals surface area contributed by atoms with Crippen LogP contribution in [0.5, 0.6) is 0 Å². The molecule has 1 aromatic heterocycles. The Labute approximate surface area is 92.4 Å². The fourth-order valence-electron chi connectivity index (χ4n) is 0.948. The molecule has 0 amide bonds. The summed E-state index contributed by atoms with van der Waals surface area (Å²) < 4.78 is 24.8. The molecule has 0 spiro atoms. The van der Waals surface area contributed by atoms with Gasteiger partial charge in [0.25, 0.3) is 11.7 Å². The van der Waals surface area contributed by atoms with Crippen molar-refractivity contribution in [3.05, 3.63) is 27.5 Å². The Balaban J connectivity index is 3.33. The molecule has 2 nitrogen and oxygen atoms in total. The molecule has 76 valence electrons. The lowest BCUT2D eigenvalue weighted by Crippen LogP contribution is -2.01. The van der Waals surface area contributed by atoms with E-state index in [0.29, 0.717) is 5.56 Å². The molecule has 0 aromatic carbocycles. The third-order valence-electron chi connectivity index (χ3n) is 1.71. The van der Waals surface area contributed by atoms with E-state index in [1.165, 1.54) is 6.92 Å². The average Bonchev–Trinajstić information content (AvgIpc) is 2.08. The Morgan fingerprint density at radius 3 is 2.64 bits per heavy atom. The van der Waals surface area contributed by atoms with Gasteiger partial charge in [-0.1, -0.05) is 0 Å². The Morgan fingerprint density at radius 2 is 2.21 bits per heavy atom. The fraction of sp³-hybridized carbons (Fsp3) is 0.250. The monoisotopic (exact) mass is 283 g/mol. The summed E-state index contributed by atoms with van der Waals surface area (Å²) in [7, 11) is 0. The van der Waals surface area contributed by atoms with Crippen LogP contribution in [-0.2, 0) is 0 Å². The molecule has 0 aliphatic rings. The van der Waals surface area contributed by atoms with E-state index in [2.05, 4.69) is 20.9 Å². The van der Waals surface area contributed by atoms with E-state index < -0.39 is 11.7 Å². The number of alkyl halides is 2. The second-order valence-electron chi connectivity index (χ2n) is 2.57. The van der Waals surface area contributed by atoms with Gasteiger partial charge in [0, 0.05) is 10.7 Å². The molecule has 14 heavy (non-hydrogen) atoms. The minimum absolute atomic E-state index is 0.124. The maximum Gasteiger partial charge on any atom is 0.281 e. The van der Waals surface area contributed by atoms with Crippen LogP contribution in [0.25, 0.3) is 0 Å². The molecule has 1 rings (SSSR count). The van der Waals surface area contributed by atoms with E-state index >= 15 is 0 Å². The van der Waals surface area contributed by atoms with Gasteiger partial charge in [0.1, 0.15) is 5.69 Å². The molecule has 0 fully saturated rings. The number of pyridine rings is 1. The van der Waals surface area contributed by atoms with Gasteiger partial charge in [-0.2, -0.15) is 0 Å². The zero-order valence-electron chi connectivity index (χ0n) is 7.02. The first-order valence-corrected chi connectivity index (χ1v) is 4.75. The molecular formula is C8H5BrClF2NO. The third-order valence-corrected chi connectivity index (χ3v) is 2.91. The molecule has 0 saturated heterocycles. The Kier molecular flexibility index (Phi) is 3.55. The van der Waals surface area contributed by atoms with Crippen LogP contribution in [0.3, 0.4) is 0 Å². The van der Waals surface area contributed by atoms with Crippen LogP contribution in [0, 0.1) is 6.92 Å². The second-order valence-corrected chi connectivity index (χ2v) is 3.71. The van der Waals surface area contributed by atoms with Crippen molar-refractivity contribution in [3.63, 3.8) is 0 Å². The number of aromatic nitrogens is 1. The fourth-order valence-corrected chi connectivity index (χ4v) is 1.63. The molecule has 0 aliphatic carbocycles. The lowest BCUT2D eigenvalue weighted by molar-refractivity contribution is 0.107. The molecule has 0 radical (unpaired) electrons. The van der Waals surface area contributed by atoms with Crippen LogP contribution in [0.1, 0.15) is 28.0 Å². The molecule has 0 N–H and O–H groups in total. The summed E-state index contributed by atoms with van der Waals surface area (Å²) in [6.07, 6.45) is -1.63. The molecule has 6 heteroatoms. The maximum absolute atomic E-state index is 12.3. The van der Waals surface area contributed by atoms with Crippen molar-refractivity contribution >= 4 is 32.8 Å². The number of carbonyl (C=O) groups is 1. The van der Waals surface area contributed by atoms with Crippen molar-refractivity contribution in [2.24, 2.45) is 0 Å². The van der Waals surface area contributed by atoms with E-state index in [0.717, 1.165) is 6.20 Å². The highest BCUT2D eigenvalue weighted by Crippen LogP contribution is 2.29. The zero-order valence-corrected chi connectivity index (χ0v) is 9.36. The number of halogens is 4. The number of rotatable bonds is 2. The molecular weight excluding hydrogens is 279 g/mol. The van der Waals surface area contributed by atoms with Crippen LogP contribution in [0.2, 0.25) is 0 Å². The van der Waals surface area contributed by atoms with Crippen LogP contribution in [0.15, 0.2) is 10.7 Å². The smallest absolute Gasteiger partial charge is 0.276 e. The number of nitrogens with zero attached hydrogens (tertiary/aromatic N) is 1. The SMILES string of the molecule is Cc1c(C(=O)Cl)cnc(C(F)F)c1Br. The van der Waals surface area contributed by atoms with Gasteiger partial charge in [-0.3, -0.25) is 9.78 Å². The summed E-state index contributed by atoms with van der Waals surface area (Å²) in [4.78, 5) is 14.3. The van der Waals surface area contributed by atoms with Crippen LogP contribution in [-0.4, -0.2) is 10.2 Å². The van der Waals surface area contributed by atoms with Crippen LogP contribution < -0.4 is 0 Å². The number of hydrogen-bond donors (Lipinski definition) is 0. The first-order valence-electron chi connectivity index (χ1n) is 3.58. The predicted molar refractivity (Wildman–Crippen MR) is 51.8 cm³/mol. The van der Waals surface area contributed by atoms with Crippen molar-refractivity contribution in [2.45, 2.75) is 13.3 Å². The second kappa shape index (κ2) is 4.31. The lowest BCUT2D eigenvalue weighted by atomic mass is 10.1. The van der Waals surface area contributed by atoms with Crippen molar-refractivity contribution in [3.8, 4) is 0 Å². The zero-order chi connectivity index (χ0) is 10.9. The summed E-state index contributed by atoms with van der Waals surface area (Å²) in [5.41, 5.74) is 0.113. The highest BCUT2D eigenvalue weighted by molar-refractivity contribution is 9.10. The lowest BCUT2D eigenvalue weighted by Gasteiger charge is -2.07. The van der Waals surface area contributed by atoms with Crippen molar-refractivity contribution < 1.29 is 13.6 Å². The maximum atomic E-state index is 12.3. The largest absolute Gasteiger partial charge is 0.281 e. The molecule has 1 aromatic rings. The molecule has 0 unspecified atom stereocenters. The van der Waals surface area contributed by atoms with Crippen LogP contribution in [0.4, 0.5) is 8.78 Å². The summed E-state index contributed by atoms with van der Waals surface area (Å²) in [5, 5.41) is -0.712. The summed E-state index contributed by atoms with van der Waals surface area (Å²) in [6, 6.07) is 0. The standard InChI is InChI=1S/C8H5BrClF2NO/c1-3-4(7(10)14)2-13-6(5(3)9)8(11)12/h2,8H,1H3. The first kappa shape index (κ1) is 11.5. The highest BCUT2D eigenvalue weighted by Gasteiger charge is 2.18. The normalized spacial score (nSPS) is 10.7. The summed E-state index contributed by atoms with van der Waals surface area (Å²) in [6.45, 7) is 1.52. The van der Waals surface area contributed by atoms with Gasteiger partial charge >= 0.3 is 0 Å².